The molecule has 2 aromatic rings. The van der Waals surface area contributed by atoms with Gasteiger partial charge in [0.15, 0.2) is 0 Å². The van der Waals surface area contributed by atoms with Crippen LogP contribution in [0.1, 0.15) is 12.0 Å². The highest BCUT2D eigenvalue weighted by atomic mass is 16.5. The number of ether oxygens (including phenoxy) is 3. The second-order valence-electron chi connectivity index (χ2n) is 5.98. The minimum Gasteiger partial charge on any atom is -0.496 e. The van der Waals surface area contributed by atoms with Crippen molar-refractivity contribution in [2.75, 3.05) is 40.2 Å². The number of nitrogen functional groups attached to an aromatic ring is 1. The second kappa shape index (κ2) is 9.56. The lowest BCUT2D eigenvalue weighted by molar-refractivity contribution is -0.129. The van der Waals surface area contributed by atoms with Gasteiger partial charge in [0.2, 0.25) is 5.91 Å². The fourth-order valence-electron chi connectivity index (χ4n) is 2.43. The quantitative estimate of drug-likeness (QED) is 0.551. The molecule has 0 unspecified atom stereocenters. The predicted octanol–water partition coefficient (Wildman–Crippen LogP) is 2.76. The molecular formula is C20H26N2O4. The molecule has 26 heavy (non-hydrogen) atoms. The molecule has 6 heteroatoms. The van der Waals surface area contributed by atoms with Crippen LogP contribution in [-0.4, -0.2) is 45.2 Å². The molecule has 2 aromatic carbocycles. The maximum atomic E-state index is 12.2. The van der Waals surface area contributed by atoms with E-state index < -0.39 is 0 Å². The predicted molar refractivity (Wildman–Crippen MR) is 102 cm³/mol. The lowest BCUT2D eigenvalue weighted by Gasteiger charge is -2.17. The average molecular weight is 358 g/mol. The van der Waals surface area contributed by atoms with E-state index in [1.807, 2.05) is 12.1 Å². The number of anilines is 1. The summed E-state index contributed by atoms with van der Waals surface area (Å²) in [7, 11) is 4.99. The summed E-state index contributed by atoms with van der Waals surface area (Å²) in [6.07, 6.45) is 1.09. The lowest BCUT2D eigenvalue weighted by Crippen LogP contribution is -2.30. The van der Waals surface area contributed by atoms with Crippen LogP contribution >= 0.6 is 0 Å². The lowest BCUT2D eigenvalue weighted by atomic mass is 10.1. The molecule has 0 aromatic heterocycles. The molecule has 0 atom stereocenters. The maximum absolute atomic E-state index is 12.2. The third-order valence-corrected chi connectivity index (χ3v) is 3.99. The normalized spacial score (nSPS) is 10.3. The first-order chi connectivity index (χ1) is 12.5. The van der Waals surface area contributed by atoms with Gasteiger partial charge in [-0.15, -0.1) is 0 Å². The Morgan fingerprint density at radius 1 is 1.00 bits per heavy atom. The van der Waals surface area contributed by atoms with Gasteiger partial charge in [0.05, 0.1) is 27.2 Å². The van der Waals surface area contributed by atoms with Crippen molar-refractivity contribution in [2.24, 2.45) is 0 Å². The van der Waals surface area contributed by atoms with Crippen LogP contribution in [0.15, 0.2) is 42.5 Å². The van der Waals surface area contributed by atoms with Crippen LogP contribution < -0.4 is 19.9 Å². The summed E-state index contributed by atoms with van der Waals surface area (Å²) < 4.78 is 16.2. The molecule has 140 valence electrons. The van der Waals surface area contributed by atoms with Crippen molar-refractivity contribution in [3.63, 3.8) is 0 Å². The number of nitrogens with two attached hydrogens (primary N) is 1. The molecule has 6 nitrogen and oxygen atoms in total. The molecule has 0 heterocycles. The van der Waals surface area contributed by atoms with Gasteiger partial charge < -0.3 is 24.8 Å². The van der Waals surface area contributed by atoms with E-state index in [0.717, 1.165) is 12.0 Å². The molecule has 0 saturated carbocycles. The highest BCUT2D eigenvalue weighted by Gasteiger charge is 2.10. The van der Waals surface area contributed by atoms with Crippen molar-refractivity contribution in [3.8, 4) is 17.2 Å². The molecule has 0 aliphatic carbocycles. The summed E-state index contributed by atoms with van der Waals surface area (Å²) in [6, 6.07) is 12.8. The summed E-state index contributed by atoms with van der Waals surface area (Å²) in [5, 5.41) is 0. The molecule has 0 fully saturated rings. The van der Waals surface area contributed by atoms with E-state index >= 15 is 0 Å². The molecule has 0 aliphatic heterocycles. The SMILES string of the molecule is COc1cc(OC)cc(OCCCN(C)C(=O)Cc2ccc(N)cc2)c1. The fraction of sp³-hybridized carbons (Fsp3) is 0.350. The zero-order chi connectivity index (χ0) is 18.9. The molecule has 1 amide bonds. The van der Waals surface area contributed by atoms with E-state index in [0.29, 0.717) is 42.5 Å². The molecule has 2 rings (SSSR count). The summed E-state index contributed by atoms with van der Waals surface area (Å²) in [5.41, 5.74) is 7.31. The largest absolute Gasteiger partial charge is 0.496 e. The number of hydrogen-bond donors (Lipinski definition) is 1. The molecular weight excluding hydrogens is 332 g/mol. The van der Waals surface area contributed by atoms with Crippen LogP contribution in [0.2, 0.25) is 0 Å². The Morgan fingerprint density at radius 2 is 1.58 bits per heavy atom. The number of rotatable bonds is 9. The monoisotopic (exact) mass is 358 g/mol. The first-order valence-electron chi connectivity index (χ1n) is 8.46. The van der Waals surface area contributed by atoms with Gasteiger partial charge in [-0.3, -0.25) is 4.79 Å². The minimum atomic E-state index is 0.0674. The molecule has 2 N–H and O–H groups in total. The van der Waals surface area contributed by atoms with E-state index in [9.17, 15) is 4.79 Å². The summed E-state index contributed by atoms with van der Waals surface area (Å²) in [4.78, 5) is 14.0. The number of benzene rings is 2. The summed E-state index contributed by atoms with van der Waals surface area (Å²) in [6.45, 7) is 1.12. The number of amides is 1. The molecule has 0 saturated heterocycles. The average Bonchev–Trinajstić information content (AvgIpc) is 2.66. The molecule has 0 spiro atoms. The van der Waals surface area contributed by atoms with Gasteiger partial charge in [0, 0.05) is 37.5 Å². The second-order valence-corrected chi connectivity index (χ2v) is 5.98. The summed E-state index contributed by atoms with van der Waals surface area (Å²) >= 11 is 0. The molecule has 0 bridgehead atoms. The zero-order valence-electron chi connectivity index (χ0n) is 15.5. The van der Waals surface area contributed by atoms with Crippen molar-refractivity contribution >= 4 is 11.6 Å². The number of carbonyl (C=O) groups excluding carboxylic acids is 1. The fourth-order valence-corrected chi connectivity index (χ4v) is 2.43. The van der Waals surface area contributed by atoms with E-state index in [4.69, 9.17) is 19.9 Å². The Morgan fingerprint density at radius 3 is 2.15 bits per heavy atom. The number of nitrogens with zero attached hydrogens (tertiary/aromatic N) is 1. The van der Waals surface area contributed by atoms with Crippen molar-refractivity contribution in [1.29, 1.82) is 0 Å². The topological polar surface area (TPSA) is 74.0 Å². The van der Waals surface area contributed by atoms with Crippen molar-refractivity contribution < 1.29 is 19.0 Å². The maximum Gasteiger partial charge on any atom is 0.226 e. The smallest absolute Gasteiger partial charge is 0.226 e. The number of likely N-dealkylation sites (N-methyl/N-ethyl adjacent to an activating group) is 1. The standard InChI is InChI=1S/C20H26N2O4/c1-22(20(23)11-15-5-7-16(21)8-6-15)9-4-10-26-19-13-17(24-2)12-18(14-19)25-3/h5-8,12-14H,4,9-11,21H2,1-3H3. The Bertz CT molecular complexity index is 694. The van der Waals surface area contributed by atoms with Gasteiger partial charge in [-0.05, 0) is 24.1 Å². The van der Waals surface area contributed by atoms with Gasteiger partial charge in [-0.25, -0.2) is 0 Å². The van der Waals surface area contributed by atoms with Crippen LogP contribution in [0.5, 0.6) is 17.2 Å². The van der Waals surface area contributed by atoms with E-state index in [1.165, 1.54) is 0 Å². The van der Waals surface area contributed by atoms with Gasteiger partial charge >= 0.3 is 0 Å². The Kier molecular flexibility index (Phi) is 7.14. The number of carbonyl (C=O) groups is 1. The van der Waals surface area contributed by atoms with Gasteiger partial charge in [-0.2, -0.15) is 0 Å². The first kappa shape index (κ1) is 19.4. The van der Waals surface area contributed by atoms with Crippen molar-refractivity contribution in [3.05, 3.63) is 48.0 Å². The highest BCUT2D eigenvalue weighted by Crippen LogP contribution is 2.27. The van der Waals surface area contributed by atoms with E-state index in [2.05, 4.69) is 0 Å². The van der Waals surface area contributed by atoms with Crippen molar-refractivity contribution in [1.82, 2.24) is 4.90 Å². The molecule has 0 aliphatic rings. The van der Waals surface area contributed by atoms with Gasteiger partial charge in [0.1, 0.15) is 17.2 Å². The Balaban J connectivity index is 1.76. The van der Waals surface area contributed by atoms with Crippen LogP contribution in [-0.2, 0) is 11.2 Å². The Hall–Kier alpha value is -2.89. The van der Waals surface area contributed by atoms with Crippen LogP contribution in [0.25, 0.3) is 0 Å². The number of methoxy groups -OCH3 is 2. The van der Waals surface area contributed by atoms with E-state index in [-0.39, 0.29) is 5.91 Å². The van der Waals surface area contributed by atoms with Gasteiger partial charge in [0.25, 0.3) is 0 Å². The Labute approximate surface area is 154 Å². The van der Waals surface area contributed by atoms with Crippen LogP contribution in [0.3, 0.4) is 0 Å². The molecule has 0 radical (unpaired) electrons. The third kappa shape index (κ3) is 5.88. The van der Waals surface area contributed by atoms with Crippen LogP contribution in [0, 0.1) is 0 Å². The summed E-state index contributed by atoms with van der Waals surface area (Å²) in [5.74, 6) is 2.10. The highest BCUT2D eigenvalue weighted by molar-refractivity contribution is 5.78. The van der Waals surface area contributed by atoms with Crippen LogP contribution in [0.4, 0.5) is 5.69 Å². The zero-order valence-corrected chi connectivity index (χ0v) is 15.5. The van der Waals surface area contributed by atoms with Gasteiger partial charge in [-0.1, -0.05) is 12.1 Å². The third-order valence-electron chi connectivity index (χ3n) is 3.99. The number of hydrogen-bond acceptors (Lipinski definition) is 5. The minimum absolute atomic E-state index is 0.0674. The first-order valence-corrected chi connectivity index (χ1v) is 8.46. The van der Waals surface area contributed by atoms with E-state index in [1.54, 1.807) is 56.5 Å². The van der Waals surface area contributed by atoms with Crippen molar-refractivity contribution in [2.45, 2.75) is 12.8 Å².